The lowest BCUT2D eigenvalue weighted by Gasteiger charge is -2.34. The molecule has 2 aromatic rings. The summed E-state index contributed by atoms with van der Waals surface area (Å²) >= 11 is 0. The van der Waals surface area contributed by atoms with E-state index in [4.69, 9.17) is 9.47 Å². The fourth-order valence-corrected chi connectivity index (χ4v) is 3.94. The number of rotatable bonds is 8. The van der Waals surface area contributed by atoms with E-state index in [1.54, 1.807) is 26.3 Å². The molecule has 33 heavy (non-hydrogen) atoms. The Hall–Kier alpha value is -2.81. The maximum absolute atomic E-state index is 12.6. The molecule has 0 amide bonds. The molecule has 3 rings (SSSR count). The quantitative estimate of drug-likeness (QED) is 0.416. The molecule has 0 bridgehead atoms. The van der Waals surface area contributed by atoms with Gasteiger partial charge in [-0.25, -0.2) is 4.79 Å². The predicted molar refractivity (Wildman–Crippen MR) is 117 cm³/mol. The molecule has 0 fully saturated rings. The van der Waals surface area contributed by atoms with Crippen LogP contribution in [0.2, 0.25) is 0 Å². The molecule has 1 unspecified atom stereocenters. The first-order valence-electron chi connectivity index (χ1n) is 10.8. The molecule has 1 aliphatic rings. The van der Waals surface area contributed by atoms with Gasteiger partial charge in [-0.15, -0.1) is 0 Å². The van der Waals surface area contributed by atoms with Crippen LogP contribution in [0.5, 0.6) is 5.75 Å². The van der Waals surface area contributed by atoms with Gasteiger partial charge in [-0.05, 0) is 37.0 Å². The van der Waals surface area contributed by atoms with Crippen molar-refractivity contribution < 1.29 is 32.2 Å². The lowest BCUT2D eigenvalue weighted by Crippen LogP contribution is -2.27. The van der Waals surface area contributed by atoms with Gasteiger partial charge in [0.05, 0.1) is 12.3 Å². The van der Waals surface area contributed by atoms with Crippen molar-refractivity contribution in [2.75, 3.05) is 26.9 Å². The van der Waals surface area contributed by atoms with Crippen LogP contribution in [0, 0.1) is 12.8 Å². The summed E-state index contributed by atoms with van der Waals surface area (Å²) in [6, 6.07) is 4.72. The number of methoxy groups -OCH3 is 1. The van der Waals surface area contributed by atoms with E-state index in [0.29, 0.717) is 36.3 Å². The zero-order valence-corrected chi connectivity index (χ0v) is 19.1. The molecule has 6 nitrogen and oxygen atoms in total. The fraction of sp³-hybridized carbons (Fsp3) is 0.500. The van der Waals surface area contributed by atoms with Crippen molar-refractivity contribution >= 4 is 5.97 Å². The van der Waals surface area contributed by atoms with Gasteiger partial charge in [-0.2, -0.15) is 13.2 Å². The second kappa shape index (κ2) is 9.99. The average molecular weight is 467 g/mol. The highest BCUT2D eigenvalue weighted by Gasteiger charge is 2.32. The molecule has 0 radical (unpaired) electrons. The molecule has 0 N–H and O–H groups in total. The Morgan fingerprint density at radius 3 is 2.58 bits per heavy atom. The lowest BCUT2D eigenvalue weighted by molar-refractivity contribution is -0.161. The highest BCUT2D eigenvalue weighted by atomic mass is 19.4. The van der Waals surface area contributed by atoms with Crippen LogP contribution in [0.25, 0.3) is 11.3 Å². The van der Waals surface area contributed by atoms with Gasteiger partial charge in [0, 0.05) is 49.6 Å². The molecule has 180 valence electrons. The summed E-state index contributed by atoms with van der Waals surface area (Å²) in [6.07, 6.45) is -1.70. The van der Waals surface area contributed by atoms with Crippen LogP contribution in [0.1, 0.15) is 47.8 Å². The lowest BCUT2D eigenvalue weighted by atomic mass is 9.86. The number of benzene rings is 1. The number of pyridine rings is 1. The second-order valence-electron chi connectivity index (χ2n) is 8.52. The molecule has 9 heteroatoms. The Labute approximate surface area is 190 Å². The van der Waals surface area contributed by atoms with E-state index in [-0.39, 0.29) is 35.3 Å². The molecule has 0 saturated carbocycles. The van der Waals surface area contributed by atoms with Crippen molar-refractivity contribution in [2.24, 2.45) is 5.92 Å². The molecule has 2 heterocycles. The van der Waals surface area contributed by atoms with Crippen LogP contribution in [-0.4, -0.2) is 43.6 Å². The number of carbonyl (C=O) groups is 1. The summed E-state index contributed by atoms with van der Waals surface area (Å²) < 4.78 is 55.2. The van der Waals surface area contributed by atoms with Gasteiger partial charge in [0.15, 0.2) is 12.0 Å². The number of alkyl halides is 3. The number of hydrogen-bond acceptors (Lipinski definition) is 5. The van der Waals surface area contributed by atoms with Crippen LogP contribution >= 0.6 is 0 Å². The molecule has 0 saturated heterocycles. The van der Waals surface area contributed by atoms with Gasteiger partial charge >= 0.3 is 12.1 Å². The third-order valence-electron chi connectivity index (χ3n) is 5.64. The Balaban J connectivity index is 2.09. The van der Waals surface area contributed by atoms with Crippen molar-refractivity contribution in [3.8, 4) is 17.0 Å². The Kier molecular flexibility index (Phi) is 7.51. The molecule has 1 atom stereocenters. The fourth-order valence-electron chi connectivity index (χ4n) is 3.94. The number of nitrogens with zero attached hydrogens (tertiary/aromatic N) is 1. The van der Waals surface area contributed by atoms with Crippen molar-refractivity contribution in [2.45, 2.75) is 45.8 Å². The smallest absolute Gasteiger partial charge is 0.422 e. The summed E-state index contributed by atoms with van der Waals surface area (Å²) in [5, 5.41) is 0. The third-order valence-corrected chi connectivity index (χ3v) is 5.64. The Morgan fingerprint density at radius 1 is 1.21 bits per heavy atom. The van der Waals surface area contributed by atoms with E-state index in [9.17, 15) is 22.8 Å². The van der Waals surface area contributed by atoms with Crippen molar-refractivity contribution in [3.05, 3.63) is 51.3 Å². The number of fused-ring (bicyclic) bond motifs is 3. The Morgan fingerprint density at radius 2 is 1.94 bits per heavy atom. The van der Waals surface area contributed by atoms with Crippen molar-refractivity contribution in [1.29, 1.82) is 0 Å². The van der Waals surface area contributed by atoms with Crippen LogP contribution in [0.15, 0.2) is 29.2 Å². The molecule has 0 aliphatic carbocycles. The minimum Gasteiger partial charge on any atom is -0.493 e. The summed E-state index contributed by atoms with van der Waals surface area (Å²) in [6.45, 7) is 4.85. The molecular weight excluding hydrogens is 439 g/mol. The zero-order valence-electron chi connectivity index (χ0n) is 19.1. The predicted octanol–water partition coefficient (Wildman–Crippen LogP) is 4.71. The molecule has 1 aromatic heterocycles. The molecule has 0 spiro atoms. The highest BCUT2D eigenvalue weighted by molar-refractivity contribution is 5.94. The number of ether oxygens (including phenoxy) is 3. The number of carbonyl (C=O) groups excluding carboxylic acids is 1. The van der Waals surface area contributed by atoms with Crippen molar-refractivity contribution in [3.63, 3.8) is 0 Å². The first-order chi connectivity index (χ1) is 15.5. The minimum absolute atomic E-state index is 0.0659. The van der Waals surface area contributed by atoms with Gasteiger partial charge in [0.1, 0.15) is 11.3 Å². The molecular formula is C24H28F3NO5. The maximum Gasteiger partial charge on any atom is 0.422 e. The first kappa shape index (κ1) is 24.8. The Bertz CT molecular complexity index is 1070. The topological polar surface area (TPSA) is 66.8 Å². The van der Waals surface area contributed by atoms with E-state index in [0.717, 1.165) is 5.56 Å². The summed E-state index contributed by atoms with van der Waals surface area (Å²) in [5.41, 5.74) is 2.39. The van der Waals surface area contributed by atoms with Crippen LogP contribution in [0.3, 0.4) is 0 Å². The largest absolute Gasteiger partial charge is 0.493 e. The summed E-state index contributed by atoms with van der Waals surface area (Å²) in [4.78, 5) is 25.0. The monoisotopic (exact) mass is 467 g/mol. The van der Waals surface area contributed by atoms with Crippen LogP contribution in [0.4, 0.5) is 13.2 Å². The first-order valence-corrected chi connectivity index (χ1v) is 10.8. The summed E-state index contributed by atoms with van der Waals surface area (Å²) in [7, 11) is 1.55. The van der Waals surface area contributed by atoms with Gasteiger partial charge < -0.3 is 18.8 Å². The number of hydrogen-bond donors (Lipinski definition) is 0. The van der Waals surface area contributed by atoms with Crippen LogP contribution < -0.4 is 10.2 Å². The number of aryl methyl sites for hydroxylation is 1. The zero-order chi connectivity index (χ0) is 24.3. The summed E-state index contributed by atoms with van der Waals surface area (Å²) in [5.74, 6) is -0.729. The van der Waals surface area contributed by atoms with Gasteiger partial charge in [0.25, 0.3) is 0 Å². The second-order valence-corrected chi connectivity index (χ2v) is 8.52. The SMILES string of the molecule is COCCCOc1cc2c(cc1C(=O)OCC(F)(F)F)-c1cc(=O)c(C)cn1C(C(C)C)C2. The van der Waals surface area contributed by atoms with E-state index in [1.165, 1.54) is 12.1 Å². The number of esters is 1. The third kappa shape index (κ3) is 5.76. The molecule has 1 aliphatic heterocycles. The maximum atomic E-state index is 12.6. The standard InChI is InChI=1S/C24H28F3NO5/c1-14(2)19-8-16-9-22(32-7-5-6-31-4)18(23(30)33-13-24(25,26)27)10-17(16)20-11-21(29)15(3)12-28(19)20/h9-12,14,19H,5-8,13H2,1-4H3. The number of halogens is 3. The normalized spacial score (nSPS) is 15.2. The number of aromatic nitrogens is 1. The van der Waals surface area contributed by atoms with Gasteiger partial charge in [0.2, 0.25) is 0 Å². The van der Waals surface area contributed by atoms with E-state index < -0.39 is 18.8 Å². The molecule has 1 aromatic carbocycles. The van der Waals surface area contributed by atoms with E-state index >= 15 is 0 Å². The highest BCUT2D eigenvalue weighted by Crippen LogP contribution is 2.40. The van der Waals surface area contributed by atoms with Crippen molar-refractivity contribution in [1.82, 2.24) is 4.57 Å². The average Bonchev–Trinajstić information content (AvgIpc) is 2.74. The van der Waals surface area contributed by atoms with E-state index in [2.05, 4.69) is 18.6 Å². The minimum atomic E-state index is -4.65. The van der Waals surface area contributed by atoms with Crippen LogP contribution in [-0.2, 0) is 15.9 Å². The van der Waals surface area contributed by atoms with Gasteiger partial charge in [-0.1, -0.05) is 13.8 Å². The van der Waals surface area contributed by atoms with E-state index in [1.807, 2.05) is 4.57 Å². The van der Waals surface area contributed by atoms with Gasteiger partial charge in [-0.3, -0.25) is 4.79 Å².